The van der Waals surface area contributed by atoms with Crippen LogP contribution in [-0.2, 0) is 14.8 Å². The van der Waals surface area contributed by atoms with Gasteiger partial charge in [-0.25, -0.2) is 8.42 Å². The third-order valence-corrected chi connectivity index (χ3v) is 6.31. The van der Waals surface area contributed by atoms with E-state index >= 15 is 0 Å². The second-order valence-electron chi connectivity index (χ2n) is 5.81. The molecule has 0 saturated heterocycles. The molecule has 0 atom stereocenters. The topological polar surface area (TPSA) is 66.5 Å². The molecule has 0 bridgehead atoms. The maximum absolute atomic E-state index is 13.1. The molecule has 5 nitrogen and oxygen atoms in total. The lowest BCUT2D eigenvalue weighted by molar-refractivity contribution is -0.114. The van der Waals surface area contributed by atoms with E-state index in [0.29, 0.717) is 5.69 Å². The lowest BCUT2D eigenvalue weighted by Gasteiger charge is -2.24. The van der Waals surface area contributed by atoms with Gasteiger partial charge in [0.05, 0.1) is 26.3 Å². The van der Waals surface area contributed by atoms with Crippen molar-refractivity contribution in [1.82, 2.24) is 0 Å². The molecule has 8 heteroatoms. The molecule has 0 radical (unpaired) electrons. The van der Waals surface area contributed by atoms with Crippen molar-refractivity contribution in [3.05, 3.63) is 88.9 Å². The number of carbonyl (C=O) groups is 1. The first kappa shape index (κ1) is 20.2. The maximum atomic E-state index is 13.1. The van der Waals surface area contributed by atoms with Crippen LogP contribution >= 0.6 is 23.2 Å². The van der Waals surface area contributed by atoms with Crippen molar-refractivity contribution in [3.63, 3.8) is 0 Å². The van der Waals surface area contributed by atoms with E-state index in [-0.39, 0.29) is 20.6 Å². The van der Waals surface area contributed by atoms with E-state index in [2.05, 4.69) is 5.32 Å². The summed E-state index contributed by atoms with van der Waals surface area (Å²) in [5.41, 5.74) is 0.604. The minimum Gasteiger partial charge on any atom is -0.322 e. The van der Waals surface area contributed by atoms with Crippen LogP contribution in [0.25, 0.3) is 0 Å². The fourth-order valence-electron chi connectivity index (χ4n) is 2.56. The molecule has 0 heterocycles. The molecule has 0 aliphatic heterocycles. The van der Waals surface area contributed by atoms with Crippen molar-refractivity contribution in [3.8, 4) is 0 Å². The van der Waals surface area contributed by atoms with E-state index in [1.54, 1.807) is 66.7 Å². The Kier molecular flexibility index (Phi) is 6.24. The number of rotatable bonds is 6. The van der Waals surface area contributed by atoms with Crippen LogP contribution in [0.15, 0.2) is 83.8 Å². The van der Waals surface area contributed by atoms with Crippen molar-refractivity contribution < 1.29 is 13.2 Å². The predicted octanol–water partition coefficient (Wildman–Crippen LogP) is 4.83. The van der Waals surface area contributed by atoms with Gasteiger partial charge in [-0.1, -0.05) is 65.7 Å². The number of amides is 1. The molecule has 0 unspecified atom stereocenters. The van der Waals surface area contributed by atoms with Gasteiger partial charge < -0.3 is 5.32 Å². The fraction of sp³-hybridized carbons (Fsp3) is 0.0500. The van der Waals surface area contributed by atoms with Crippen molar-refractivity contribution in [1.29, 1.82) is 0 Å². The zero-order valence-corrected chi connectivity index (χ0v) is 16.9. The Hall–Kier alpha value is -2.54. The Morgan fingerprint density at radius 1 is 0.821 bits per heavy atom. The number of sulfonamides is 1. The molecule has 1 amide bonds. The number of benzene rings is 3. The maximum Gasteiger partial charge on any atom is 0.264 e. The highest BCUT2D eigenvalue weighted by Gasteiger charge is 2.27. The summed E-state index contributed by atoms with van der Waals surface area (Å²) >= 11 is 12.2. The molecule has 1 N–H and O–H groups in total. The van der Waals surface area contributed by atoms with E-state index < -0.39 is 22.5 Å². The first-order chi connectivity index (χ1) is 13.4. The van der Waals surface area contributed by atoms with Crippen LogP contribution in [0, 0.1) is 0 Å². The standard InChI is InChI=1S/C20H16Cl2N2O3S/c21-17-12-7-13-18(22)20(17)23-19(25)14-24(15-8-3-1-4-9-15)28(26,27)16-10-5-2-6-11-16/h1-13H,14H2,(H,23,25). The van der Waals surface area contributed by atoms with Crippen molar-refractivity contribution in [2.45, 2.75) is 4.90 Å². The van der Waals surface area contributed by atoms with E-state index in [1.165, 1.54) is 12.1 Å². The molecule has 0 saturated carbocycles. The van der Waals surface area contributed by atoms with Gasteiger partial charge in [-0.2, -0.15) is 0 Å². The average Bonchev–Trinajstić information content (AvgIpc) is 2.70. The summed E-state index contributed by atoms with van der Waals surface area (Å²) in [4.78, 5) is 12.7. The van der Waals surface area contributed by atoms with Gasteiger partial charge in [0.2, 0.25) is 5.91 Å². The van der Waals surface area contributed by atoms with Crippen LogP contribution in [0.2, 0.25) is 10.0 Å². The highest BCUT2D eigenvalue weighted by Crippen LogP contribution is 2.30. The van der Waals surface area contributed by atoms with Crippen LogP contribution in [0.1, 0.15) is 0 Å². The predicted molar refractivity (Wildman–Crippen MR) is 113 cm³/mol. The normalized spacial score (nSPS) is 11.1. The molecule has 3 rings (SSSR count). The van der Waals surface area contributed by atoms with E-state index in [4.69, 9.17) is 23.2 Å². The van der Waals surface area contributed by atoms with Crippen LogP contribution in [0.4, 0.5) is 11.4 Å². The average molecular weight is 435 g/mol. The Morgan fingerprint density at radius 3 is 1.93 bits per heavy atom. The third-order valence-electron chi connectivity index (χ3n) is 3.89. The molecule has 0 aliphatic carbocycles. The monoisotopic (exact) mass is 434 g/mol. The summed E-state index contributed by atoms with van der Waals surface area (Å²) < 4.78 is 27.3. The second-order valence-corrected chi connectivity index (χ2v) is 8.48. The van der Waals surface area contributed by atoms with E-state index in [0.717, 1.165) is 4.31 Å². The fourth-order valence-corrected chi connectivity index (χ4v) is 4.49. The Balaban J connectivity index is 1.94. The number of hydrogen-bond donors (Lipinski definition) is 1. The number of para-hydroxylation sites is 2. The zero-order chi connectivity index (χ0) is 20.1. The summed E-state index contributed by atoms with van der Waals surface area (Å²) in [6, 6.07) is 21.2. The molecule has 0 spiro atoms. The van der Waals surface area contributed by atoms with Gasteiger partial charge in [0, 0.05) is 0 Å². The third kappa shape index (κ3) is 4.47. The van der Waals surface area contributed by atoms with Crippen LogP contribution in [-0.4, -0.2) is 20.9 Å². The van der Waals surface area contributed by atoms with Gasteiger partial charge >= 0.3 is 0 Å². The molecule has 28 heavy (non-hydrogen) atoms. The van der Waals surface area contributed by atoms with E-state index in [9.17, 15) is 13.2 Å². The molecule has 144 valence electrons. The lowest BCUT2D eigenvalue weighted by atomic mass is 10.3. The highest BCUT2D eigenvalue weighted by molar-refractivity contribution is 7.92. The van der Waals surface area contributed by atoms with Crippen LogP contribution < -0.4 is 9.62 Å². The summed E-state index contributed by atoms with van der Waals surface area (Å²) in [6.45, 7) is -0.442. The number of nitrogens with zero attached hydrogens (tertiary/aromatic N) is 1. The van der Waals surface area contributed by atoms with E-state index in [1.807, 2.05) is 0 Å². The molecule has 0 fully saturated rings. The van der Waals surface area contributed by atoms with Crippen molar-refractivity contribution in [2.75, 3.05) is 16.2 Å². The molecule has 0 aromatic heterocycles. The second kappa shape index (κ2) is 8.65. The largest absolute Gasteiger partial charge is 0.322 e. The smallest absolute Gasteiger partial charge is 0.264 e. The quantitative estimate of drug-likeness (QED) is 0.603. The highest BCUT2D eigenvalue weighted by atomic mass is 35.5. The molecule has 0 aliphatic rings. The summed E-state index contributed by atoms with van der Waals surface area (Å²) in [5, 5.41) is 3.12. The molecular formula is C20H16Cl2N2O3S. The first-order valence-corrected chi connectivity index (χ1v) is 10.5. The van der Waals surface area contributed by atoms with Gasteiger partial charge in [0.1, 0.15) is 6.54 Å². The number of anilines is 2. The summed E-state index contributed by atoms with van der Waals surface area (Å²) in [6.07, 6.45) is 0. The lowest BCUT2D eigenvalue weighted by Crippen LogP contribution is -2.38. The minimum absolute atomic E-state index is 0.0856. The van der Waals surface area contributed by atoms with Crippen LogP contribution in [0.5, 0.6) is 0 Å². The number of hydrogen-bond acceptors (Lipinski definition) is 3. The van der Waals surface area contributed by atoms with Crippen LogP contribution in [0.3, 0.4) is 0 Å². The van der Waals surface area contributed by atoms with Gasteiger partial charge in [-0.15, -0.1) is 0 Å². The molecule has 3 aromatic rings. The summed E-state index contributed by atoms with van der Waals surface area (Å²) in [5.74, 6) is -0.571. The minimum atomic E-state index is -3.96. The number of halogens is 2. The molecule has 3 aromatic carbocycles. The van der Waals surface area contributed by atoms with Gasteiger partial charge in [-0.3, -0.25) is 9.10 Å². The van der Waals surface area contributed by atoms with Gasteiger partial charge in [0.25, 0.3) is 10.0 Å². The number of carbonyl (C=O) groups excluding carboxylic acids is 1. The molecular weight excluding hydrogens is 419 g/mol. The Bertz CT molecular complexity index is 1050. The van der Waals surface area contributed by atoms with Gasteiger partial charge in [-0.05, 0) is 36.4 Å². The Morgan fingerprint density at radius 2 is 1.36 bits per heavy atom. The van der Waals surface area contributed by atoms with Gasteiger partial charge in [0.15, 0.2) is 0 Å². The first-order valence-electron chi connectivity index (χ1n) is 8.26. The Labute approximate surface area is 173 Å². The van der Waals surface area contributed by atoms with Crippen molar-refractivity contribution in [2.24, 2.45) is 0 Å². The zero-order valence-electron chi connectivity index (χ0n) is 14.5. The SMILES string of the molecule is O=C(CN(c1ccccc1)S(=O)(=O)c1ccccc1)Nc1c(Cl)cccc1Cl. The van der Waals surface area contributed by atoms with Crippen molar-refractivity contribution >= 4 is 50.5 Å². The number of nitrogens with one attached hydrogen (secondary N) is 1. The summed E-state index contributed by atoms with van der Waals surface area (Å²) in [7, 11) is -3.96.